The second-order valence-electron chi connectivity index (χ2n) is 5.56. The van der Waals surface area contributed by atoms with Crippen LogP contribution in [0.5, 0.6) is 0 Å². The number of rotatable bonds is 3. The van der Waals surface area contributed by atoms with E-state index in [1.54, 1.807) is 10.9 Å². The zero-order valence-electron chi connectivity index (χ0n) is 13.0. The van der Waals surface area contributed by atoms with Gasteiger partial charge in [-0.05, 0) is 25.2 Å². The lowest BCUT2D eigenvalue weighted by Crippen LogP contribution is -1.94. The van der Waals surface area contributed by atoms with Crippen LogP contribution in [0.15, 0.2) is 59.8 Å². The first kappa shape index (κ1) is 14.6. The summed E-state index contributed by atoms with van der Waals surface area (Å²) in [7, 11) is 0. The molecule has 0 fully saturated rings. The van der Waals surface area contributed by atoms with Crippen LogP contribution < -0.4 is 0 Å². The van der Waals surface area contributed by atoms with E-state index in [0.29, 0.717) is 10.6 Å². The van der Waals surface area contributed by atoms with E-state index in [4.69, 9.17) is 12.2 Å². The Morgan fingerprint density at radius 2 is 1.92 bits per heavy atom. The molecule has 0 radical (unpaired) electrons. The number of fused-ring (bicyclic) bond motifs is 1. The maximum Gasteiger partial charge on any atom is 0.216 e. The van der Waals surface area contributed by atoms with Gasteiger partial charge in [-0.15, -0.1) is 0 Å². The highest BCUT2D eigenvalue weighted by Gasteiger charge is 2.08. The summed E-state index contributed by atoms with van der Waals surface area (Å²) in [6.45, 7) is 2.05. The molecule has 6 heteroatoms. The summed E-state index contributed by atoms with van der Waals surface area (Å²) in [6, 6.07) is 16.2. The van der Waals surface area contributed by atoms with Gasteiger partial charge in [-0.2, -0.15) is 14.9 Å². The van der Waals surface area contributed by atoms with Crippen molar-refractivity contribution in [3.05, 3.63) is 70.6 Å². The Morgan fingerprint density at radius 3 is 2.75 bits per heavy atom. The predicted octanol–water partition coefficient (Wildman–Crippen LogP) is 4.28. The lowest BCUT2D eigenvalue weighted by molar-refractivity contribution is 0.872. The van der Waals surface area contributed by atoms with Crippen molar-refractivity contribution in [1.82, 2.24) is 19.9 Å². The third-order valence-corrected chi connectivity index (χ3v) is 4.16. The molecule has 118 valence electrons. The highest BCUT2D eigenvalue weighted by Crippen LogP contribution is 2.19. The topological polar surface area (TPSA) is 61.8 Å². The van der Waals surface area contributed by atoms with Crippen LogP contribution in [0.1, 0.15) is 11.1 Å². The molecule has 0 spiro atoms. The van der Waals surface area contributed by atoms with E-state index >= 15 is 0 Å². The maximum absolute atomic E-state index is 5.31. The van der Waals surface area contributed by atoms with Crippen molar-refractivity contribution in [1.29, 1.82) is 0 Å². The van der Waals surface area contributed by atoms with E-state index in [-0.39, 0.29) is 0 Å². The van der Waals surface area contributed by atoms with E-state index < -0.39 is 0 Å². The van der Waals surface area contributed by atoms with Crippen molar-refractivity contribution in [2.24, 2.45) is 5.10 Å². The van der Waals surface area contributed by atoms with Crippen molar-refractivity contribution < 1.29 is 0 Å². The third kappa shape index (κ3) is 2.57. The molecule has 4 aromatic rings. The number of nitrogens with one attached hydrogen (secondary N) is 2. The molecule has 0 amide bonds. The van der Waals surface area contributed by atoms with E-state index in [2.05, 4.69) is 33.3 Å². The summed E-state index contributed by atoms with van der Waals surface area (Å²) in [5.41, 5.74) is 4.24. The summed E-state index contributed by atoms with van der Waals surface area (Å²) >= 11 is 5.31. The van der Waals surface area contributed by atoms with Gasteiger partial charge in [0.05, 0.1) is 6.21 Å². The van der Waals surface area contributed by atoms with Gasteiger partial charge in [-0.25, -0.2) is 5.10 Å². The Morgan fingerprint density at radius 1 is 1.12 bits per heavy atom. The van der Waals surface area contributed by atoms with Crippen molar-refractivity contribution >= 4 is 29.3 Å². The van der Waals surface area contributed by atoms with Gasteiger partial charge in [0.1, 0.15) is 0 Å². The normalized spacial score (nSPS) is 11.5. The summed E-state index contributed by atoms with van der Waals surface area (Å²) in [4.78, 5) is 3.24. The molecular weight excluding hydrogens is 318 g/mol. The summed E-state index contributed by atoms with van der Waals surface area (Å²) < 4.78 is 2.10. The van der Waals surface area contributed by atoms with E-state index in [1.807, 2.05) is 48.7 Å². The average Bonchev–Trinajstić information content (AvgIpc) is 3.17. The Balaban J connectivity index is 1.76. The van der Waals surface area contributed by atoms with E-state index in [9.17, 15) is 0 Å². The highest BCUT2D eigenvalue weighted by atomic mass is 32.1. The van der Waals surface area contributed by atoms with Gasteiger partial charge in [0.15, 0.2) is 5.82 Å². The van der Waals surface area contributed by atoms with Gasteiger partial charge < -0.3 is 4.98 Å². The molecule has 0 aliphatic heterocycles. The number of aryl methyl sites for hydroxylation is 1. The van der Waals surface area contributed by atoms with Crippen molar-refractivity contribution in [3.63, 3.8) is 0 Å². The highest BCUT2D eigenvalue weighted by molar-refractivity contribution is 7.71. The number of para-hydroxylation sites is 1. The summed E-state index contributed by atoms with van der Waals surface area (Å²) in [6.07, 6.45) is 3.73. The lowest BCUT2D eigenvalue weighted by Gasteiger charge is -2.01. The van der Waals surface area contributed by atoms with Crippen LogP contribution in [0.2, 0.25) is 0 Å². The first-order valence-corrected chi connectivity index (χ1v) is 7.98. The smallest absolute Gasteiger partial charge is 0.216 e. The number of hydrogen-bond donors (Lipinski definition) is 2. The van der Waals surface area contributed by atoms with Crippen LogP contribution >= 0.6 is 12.2 Å². The SMILES string of the molecule is Cc1ccc(-c2n[nH]c(=S)n2/N=C/c2c[nH]c3ccccc23)cc1. The number of aromatic nitrogens is 4. The van der Waals surface area contributed by atoms with Gasteiger partial charge in [-0.3, -0.25) is 0 Å². The number of aromatic amines is 2. The second kappa shape index (κ2) is 5.90. The van der Waals surface area contributed by atoms with Gasteiger partial charge in [0.25, 0.3) is 0 Å². The molecule has 0 bridgehead atoms. The molecule has 0 saturated heterocycles. The molecular formula is C18H15N5S. The molecule has 24 heavy (non-hydrogen) atoms. The molecule has 2 N–H and O–H groups in total. The number of H-pyrrole nitrogens is 2. The molecule has 5 nitrogen and oxygen atoms in total. The molecule has 2 aromatic carbocycles. The zero-order valence-corrected chi connectivity index (χ0v) is 13.8. The fourth-order valence-electron chi connectivity index (χ4n) is 2.61. The summed E-state index contributed by atoms with van der Waals surface area (Å²) in [5.74, 6) is 0.691. The molecule has 0 aliphatic carbocycles. The third-order valence-electron chi connectivity index (χ3n) is 3.89. The lowest BCUT2D eigenvalue weighted by atomic mass is 10.1. The first-order valence-electron chi connectivity index (χ1n) is 7.57. The predicted molar refractivity (Wildman–Crippen MR) is 98.9 cm³/mol. The van der Waals surface area contributed by atoms with Crippen LogP contribution in [0.3, 0.4) is 0 Å². The standard InChI is InChI=1S/C18H15N5S/c1-12-6-8-13(9-7-12)17-21-22-18(24)23(17)20-11-14-10-19-16-5-3-2-4-15(14)16/h2-11,19H,1H3,(H,22,24)/b20-11+. The molecule has 2 heterocycles. The minimum atomic E-state index is 0.460. The van der Waals surface area contributed by atoms with Gasteiger partial charge >= 0.3 is 0 Å². The Kier molecular flexibility index (Phi) is 3.59. The molecule has 4 rings (SSSR count). The van der Waals surface area contributed by atoms with Crippen LogP contribution in [0, 0.1) is 11.7 Å². The maximum atomic E-state index is 5.31. The van der Waals surface area contributed by atoms with Gasteiger partial charge in [-0.1, -0.05) is 48.0 Å². The van der Waals surface area contributed by atoms with Crippen LogP contribution in [0.4, 0.5) is 0 Å². The molecule has 0 atom stereocenters. The number of hydrogen-bond acceptors (Lipinski definition) is 3. The minimum Gasteiger partial charge on any atom is -0.361 e. The van der Waals surface area contributed by atoms with Crippen molar-refractivity contribution in [2.45, 2.75) is 6.92 Å². The Bertz CT molecular complexity index is 1080. The van der Waals surface area contributed by atoms with Crippen LogP contribution in [-0.4, -0.2) is 26.1 Å². The summed E-state index contributed by atoms with van der Waals surface area (Å²) in [5, 5.41) is 12.8. The average molecular weight is 333 g/mol. The van der Waals surface area contributed by atoms with Crippen LogP contribution in [-0.2, 0) is 0 Å². The van der Waals surface area contributed by atoms with E-state index in [0.717, 1.165) is 22.0 Å². The molecule has 0 aliphatic rings. The van der Waals surface area contributed by atoms with Crippen molar-refractivity contribution in [2.75, 3.05) is 0 Å². The van der Waals surface area contributed by atoms with Gasteiger partial charge in [0, 0.05) is 28.2 Å². The Hall–Kier alpha value is -2.99. The fourth-order valence-corrected chi connectivity index (χ4v) is 2.79. The largest absolute Gasteiger partial charge is 0.361 e. The quantitative estimate of drug-likeness (QED) is 0.434. The van der Waals surface area contributed by atoms with Crippen molar-refractivity contribution in [3.8, 4) is 11.4 Å². The fraction of sp³-hybridized carbons (Fsp3) is 0.0556. The van der Waals surface area contributed by atoms with Crippen LogP contribution in [0.25, 0.3) is 22.3 Å². The Labute approximate surface area is 143 Å². The van der Waals surface area contributed by atoms with Gasteiger partial charge in [0.2, 0.25) is 4.77 Å². The first-order chi connectivity index (χ1) is 11.7. The van der Waals surface area contributed by atoms with E-state index in [1.165, 1.54) is 5.56 Å². The monoisotopic (exact) mass is 333 g/mol. The number of benzene rings is 2. The molecule has 2 aromatic heterocycles. The second-order valence-corrected chi connectivity index (χ2v) is 5.95. The zero-order chi connectivity index (χ0) is 16.5. The minimum absolute atomic E-state index is 0.460. The molecule has 0 unspecified atom stereocenters. The number of nitrogens with zero attached hydrogens (tertiary/aromatic N) is 3. The molecule has 0 saturated carbocycles.